The number of carbonyl (C=O) groups is 1. The van der Waals surface area contributed by atoms with Crippen LogP contribution >= 0.6 is 0 Å². The number of ether oxygens (including phenoxy) is 2. The average molecular weight is 433 g/mol. The lowest BCUT2D eigenvalue weighted by molar-refractivity contribution is 0.0727. The molecule has 1 heterocycles. The van der Waals surface area contributed by atoms with Crippen LogP contribution in [-0.2, 0) is 6.42 Å². The fourth-order valence-electron chi connectivity index (χ4n) is 3.35. The Hall–Kier alpha value is -3.21. The van der Waals surface area contributed by atoms with Gasteiger partial charge in [-0.05, 0) is 49.1 Å². The van der Waals surface area contributed by atoms with Gasteiger partial charge in [0, 0.05) is 5.56 Å². The van der Waals surface area contributed by atoms with Crippen LogP contribution in [0.2, 0.25) is 0 Å². The van der Waals surface area contributed by atoms with Gasteiger partial charge < -0.3 is 9.47 Å². The van der Waals surface area contributed by atoms with Crippen molar-refractivity contribution < 1.29 is 14.3 Å². The van der Waals surface area contributed by atoms with Gasteiger partial charge >= 0.3 is 5.97 Å². The highest BCUT2D eigenvalue weighted by atomic mass is 16.5. The third-order valence-electron chi connectivity index (χ3n) is 5.21. The summed E-state index contributed by atoms with van der Waals surface area (Å²) in [5, 5.41) is 0. The van der Waals surface area contributed by atoms with Gasteiger partial charge in [-0.25, -0.2) is 14.8 Å². The van der Waals surface area contributed by atoms with Crippen LogP contribution in [0.15, 0.2) is 60.9 Å². The van der Waals surface area contributed by atoms with Crippen molar-refractivity contribution in [3.05, 3.63) is 72.1 Å². The molecule has 0 saturated heterocycles. The van der Waals surface area contributed by atoms with E-state index in [1.54, 1.807) is 30.5 Å². The molecule has 0 aliphatic carbocycles. The van der Waals surface area contributed by atoms with Gasteiger partial charge in [-0.1, -0.05) is 63.8 Å². The molecule has 0 fully saturated rings. The molecule has 5 nitrogen and oxygen atoms in total. The second-order valence-corrected chi connectivity index (χ2v) is 7.86. The largest absolute Gasteiger partial charge is 0.494 e. The maximum Gasteiger partial charge on any atom is 0.344 e. The van der Waals surface area contributed by atoms with Crippen molar-refractivity contribution >= 4 is 5.97 Å². The summed E-state index contributed by atoms with van der Waals surface area (Å²) < 4.78 is 10.9. The van der Waals surface area contributed by atoms with Gasteiger partial charge in [0.2, 0.25) is 5.88 Å². The maximum absolute atomic E-state index is 12.3. The average Bonchev–Trinajstić information content (AvgIpc) is 2.84. The predicted octanol–water partition coefficient (Wildman–Crippen LogP) is 6.66. The molecule has 0 spiro atoms. The first kappa shape index (κ1) is 23.5. The lowest BCUT2D eigenvalue weighted by atomic mass is 10.0. The molecule has 3 rings (SSSR count). The number of rotatable bonds is 12. The van der Waals surface area contributed by atoms with Gasteiger partial charge in [0.15, 0.2) is 0 Å². The Morgan fingerprint density at radius 2 is 1.56 bits per heavy atom. The van der Waals surface area contributed by atoms with E-state index in [1.165, 1.54) is 43.9 Å². The van der Waals surface area contributed by atoms with E-state index in [9.17, 15) is 4.79 Å². The predicted molar refractivity (Wildman–Crippen MR) is 127 cm³/mol. The number of carbonyl (C=O) groups excluding carboxylic acids is 1. The Bertz CT molecular complexity index is 952. The molecule has 0 N–H and O–H groups in total. The van der Waals surface area contributed by atoms with E-state index in [1.807, 2.05) is 6.92 Å². The Morgan fingerprint density at radius 3 is 2.22 bits per heavy atom. The zero-order valence-corrected chi connectivity index (χ0v) is 19.0. The molecule has 0 saturated carbocycles. The van der Waals surface area contributed by atoms with Gasteiger partial charge in [-0.15, -0.1) is 0 Å². The molecule has 32 heavy (non-hydrogen) atoms. The van der Waals surface area contributed by atoms with E-state index in [0.29, 0.717) is 12.2 Å². The van der Waals surface area contributed by atoms with Gasteiger partial charge in [-0.2, -0.15) is 0 Å². The Balaban J connectivity index is 1.52. The minimum atomic E-state index is -0.475. The first-order valence-electron chi connectivity index (χ1n) is 11.6. The number of nitrogens with zero attached hydrogens (tertiary/aromatic N) is 2. The summed E-state index contributed by atoms with van der Waals surface area (Å²) in [6.07, 6.45) is 11.6. The summed E-state index contributed by atoms with van der Waals surface area (Å²) in [5.74, 6) is 0.432. The van der Waals surface area contributed by atoms with Crippen molar-refractivity contribution in [2.24, 2.45) is 0 Å². The van der Waals surface area contributed by atoms with Crippen LogP contribution in [0, 0.1) is 0 Å². The number of aromatic nitrogens is 2. The van der Waals surface area contributed by atoms with Crippen LogP contribution in [0.4, 0.5) is 0 Å². The van der Waals surface area contributed by atoms with Crippen LogP contribution in [0.5, 0.6) is 11.6 Å². The quantitative estimate of drug-likeness (QED) is 0.236. The third kappa shape index (κ3) is 7.19. The van der Waals surface area contributed by atoms with Crippen LogP contribution in [-0.4, -0.2) is 22.5 Å². The monoisotopic (exact) mass is 432 g/mol. The minimum Gasteiger partial charge on any atom is -0.494 e. The molecule has 0 atom stereocenters. The molecule has 2 aromatic carbocycles. The number of hydrogen-bond acceptors (Lipinski definition) is 5. The zero-order chi connectivity index (χ0) is 22.6. The molecule has 168 valence electrons. The lowest BCUT2D eigenvalue weighted by Crippen LogP contribution is -2.09. The van der Waals surface area contributed by atoms with Crippen LogP contribution in [0.3, 0.4) is 0 Å². The summed E-state index contributed by atoms with van der Waals surface area (Å²) in [5.41, 5.74) is 3.52. The van der Waals surface area contributed by atoms with Crippen molar-refractivity contribution in [1.82, 2.24) is 9.97 Å². The van der Waals surface area contributed by atoms with Crippen LogP contribution in [0.1, 0.15) is 68.3 Å². The summed E-state index contributed by atoms with van der Waals surface area (Å²) >= 11 is 0. The number of esters is 1. The summed E-state index contributed by atoms with van der Waals surface area (Å²) in [6, 6.07) is 15.3. The molecule has 5 heteroatoms. The number of unbranched alkanes of at least 4 members (excludes halogenated alkanes) is 4. The molecular weight excluding hydrogens is 400 g/mol. The SMILES string of the molecule is CCCCCCCc1ccc(-c2cnc(OC(=O)c3ccc(OCCC)cc3)cn2)cc1. The van der Waals surface area contributed by atoms with Gasteiger partial charge in [0.1, 0.15) is 5.75 Å². The van der Waals surface area contributed by atoms with E-state index in [2.05, 4.69) is 41.2 Å². The standard InChI is InChI=1S/C27H32N2O3/c1-3-5-6-7-8-9-21-10-12-22(13-11-21)25-19-29-26(20-28-25)32-27(30)23-14-16-24(17-15-23)31-18-4-2/h10-17,19-20H,3-9,18H2,1-2H3. The third-order valence-corrected chi connectivity index (χ3v) is 5.21. The minimum absolute atomic E-state index is 0.175. The van der Waals surface area contributed by atoms with Crippen molar-refractivity contribution in [1.29, 1.82) is 0 Å². The molecular formula is C27H32N2O3. The molecule has 1 aromatic heterocycles. The van der Waals surface area contributed by atoms with Crippen molar-refractivity contribution in [3.63, 3.8) is 0 Å². The highest BCUT2D eigenvalue weighted by Crippen LogP contribution is 2.20. The second-order valence-electron chi connectivity index (χ2n) is 7.86. The topological polar surface area (TPSA) is 61.3 Å². The van der Waals surface area contributed by atoms with E-state index >= 15 is 0 Å². The van der Waals surface area contributed by atoms with Gasteiger partial charge in [-0.3, -0.25) is 0 Å². The van der Waals surface area contributed by atoms with Gasteiger partial charge in [0.05, 0.1) is 30.3 Å². The summed E-state index contributed by atoms with van der Waals surface area (Å²) in [4.78, 5) is 21.0. The van der Waals surface area contributed by atoms with Crippen molar-refractivity contribution in [3.8, 4) is 22.9 Å². The number of benzene rings is 2. The van der Waals surface area contributed by atoms with Gasteiger partial charge in [0.25, 0.3) is 0 Å². The molecule has 0 unspecified atom stereocenters. The van der Waals surface area contributed by atoms with E-state index in [-0.39, 0.29) is 5.88 Å². The zero-order valence-electron chi connectivity index (χ0n) is 19.0. The normalized spacial score (nSPS) is 10.7. The second kappa shape index (κ2) is 12.6. The van der Waals surface area contributed by atoms with Crippen molar-refractivity contribution in [2.75, 3.05) is 6.61 Å². The summed E-state index contributed by atoms with van der Waals surface area (Å²) in [7, 11) is 0. The first-order chi connectivity index (χ1) is 15.7. The van der Waals surface area contributed by atoms with Crippen LogP contribution in [0.25, 0.3) is 11.3 Å². The molecule has 0 amide bonds. The fourth-order valence-corrected chi connectivity index (χ4v) is 3.35. The van der Waals surface area contributed by atoms with Crippen LogP contribution < -0.4 is 9.47 Å². The van der Waals surface area contributed by atoms with Crippen molar-refractivity contribution in [2.45, 2.75) is 58.8 Å². The molecule has 3 aromatic rings. The summed E-state index contributed by atoms with van der Waals surface area (Å²) in [6.45, 7) is 4.93. The first-order valence-corrected chi connectivity index (χ1v) is 11.6. The smallest absolute Gasteiger partial charge is 0.344 e. The number of aryl methyl sites for hydroxylation is 1. The van der Waals surface area contributed by atoms with E-state index in [4.69, 9.17) is 9.47 Å². The Labute approximate surface area is 190 Å². The Morgan fingerprint density at radius 1 is 0.812 bits per heavy atom. The molecule has 0 aliphatic rings. The lowest BCUT2D eigenvalue weighted by Gasteiger charge is -2.07. The number of hydrogen-bond donors (Lipinski definition) is 0. The Kier molecular flexibility index (Phi) is 9.23. The molecule has 0 bridgehead atoms. The van der Waals surface area contributed by atoms with E-state index < -0.39 is 5.97 Å². The maximum atomic E-state index is 12.3. The van der Waals surface area contributed by atoms with E-state index in [0.717, 1.165) is 29.8 Å². The fraction of sp³-hybridized carbons (Fsp3) is 0.370. The highest BCUT2D eigenvalue weighted by Gasteiger charge is 2.11. The molecule has 0 aliphatic heterocycles. The molecule has 0 radical (unpaired) electrons. The highest BCUT2D eigenvalue weighted by molar-refractivity contribution is 5.90.